The first-order valence-corrected chi connectivity index (χ1v) is 15.0. The lowest BCUT2D eigenvalue weighted by Gasteiger charge is -2.42. The van der Waals surface area contributed by atoms with Crippen molar-refractivity contribution in [1.29, 1.82) is 0 Å². The number of piperazine rings is 1. The van der Waals surface area contributed by atoms with Crippen molar-refractivity contribution in [3.05, 3.63) is 53.3 Å². The van der Waals surface area contributed by atoms with E-state index in [-0.39, 0.29) is 38.7 Å². The van der Waals surface area contributed by atoms with Crippen molar-refractivity contribution in [2.75, 3.05) is 32.7 Å². The molecule has 4 amide bonds. The van der Waals surface area contributed by atoms with E-state index in [1.807, 2.05) is 13.8 Å². The summed E-state index contributed by atoms with van der Waals surface area (Å²) in [4.78, 5) is 43.4. The number of nitrogens with one attached hydrogen (secondary N) is 1. The molecule has 2 aliphatic heterocycles. The molecule has 0 saturated carbocycles. The smallest absolute Gasteiger partial charge is 0.426 e. The molecule has 0 aromatic heterocycles. The zero-order chi connectivity index (χ0) is 34.2. The molecule has 254 valence electrons. The van der Waals surface area contributed by atoms with E-state index in [0.29, 0.717) is 29.0 Å². The minimum Gasteiger partial charge on any atom is -0.491 e. The van der Waals surface area contributed by atoms with Gasteiger partial charge in [-0.15, -0.1) is 0 Å². The van der Waals surface area contributed by atoms with Gasteiger partial charge in [0.15, 0.2) is 0 Å². The summed E-state index contributed by atoms with van der Waals surface area (Å²) in [6, 6.07) is 5.97. The number of ether oxygens (including phenoxy) is 1. The second kappa shape index (κ2) is 12.8. The summed E-state index contributed by atoms with van der Waals surface area (Å²) in [6.07, 6.45) is -9.93. The van der Waals surface area contributed by atoms with E-state index in [9.17, 15) is 45.8 Å². The Morgan fingerprint density at radius 3 is 2.15 bits per heavy atom. The largest absolute Gasteiger partial charge is 0.491 e. The van der Waals surface area contributed by atoms with E-state index in [0.717, 1.165) is 11.0 Å². The number of allylic oxidation sites excluding steroid dienone is 2. The monoisotopic (exact) mass is 660 g/mol. The van der Waals surface area contributed by atoms with Gasteiger partial charge in [0.25, 0.3) is 11.5 Å². The summed E-state index contributed by atoms with van der Waals surface area (Å²) in [5.74, 6) is -2.75. The standard InChI is InChI=1S/C31H38F6N4O5/c1-5-6-20-17-22(29(45,30(32,33)34)31(35,36)37)9-12-24(20)39-13-15-40(16-14-39)25(42)18-41-26(43)28(4,38-27(41)44)21-7-10-23(11-8-21)46-19(2)3/h7-12,19,22,45H,5-6,13-18H2,1-4H3,(H,38,44). The van der Waals surface area contributed by atoms with Gasteiger partial charge in [0.2, 0.25) is 5.91 Å². The minimum atomic E-state index is -5.93. The van der Waals surface area contributed by atoms with Crippen LogP contribution >= 0.6 is 0 Å². The number of amides is 4. The number of hydrogen-bond acceptors (Lipinski definition) is 6. The van der Waals surface area contributed by atoms with Crippen molar-refractivity contribution in [3.63, 3.8) is 0 Å². The van der Waals surface area contributed by atoms with Gasteiger partial charge in [0, 0.05) is 37.8 Å². The molecule has 1 aromatic carbocycles. The first-order valence-electron chi connectivity index (χ1n) is 15.0. The van der Waals surface area contributed by atoms with Crippen molar-refractivity contribution in [1.82, 2.24) is 20.0 Å². The molecule has 2 unspecified atom stereocenters. The van der Waals surface area contributed by atoms with Crippen LogP contribution in [0.15, 0.2) is 47.7 Å². The van der Waals surface area contributed by atoms with E-state index in [1.54, 1.807) is 43.0 Å². The topological polar surface area (TPSA) is 102 Å². The fourth-order valence-corrected chi connectivity index (χ4v) is 6.10. The number of imide groups is 1. The Bertz CT molecular complexity index is 1370. The Kier molecular flexibility index (Phi) is 9.77. The van der Waals surface area contributed by atoms with E-state index in [2.05, 4.69) is 5.32 Å². The first-order chi connectivity index (χ1) is 21.3. The highest BCUT2D eigenvalue weighted by Crippen LogP contribution is 2.51. The van der Waals surface area contributed by atoms with Crippen molar-refractivity contribution < 1.29 is 50.6 Å². The number of benzene rings is 1. The molecule has 4 rings (SSSR count). The maximum Gasteiger partial charge on any atom is 0.426 e. The number of carbonyl (C=O) groups is 3. The number of rotatable bonds is 9. The van der Waals surface area contributed by atoms with Crippen LogP contribution in [0.25, 0.3) is 0 Å². The summed E-state index contributed by atoms with van der Waals surface area (Å²) < 4.78 is 86.8. The number of hydrogen-bond donors (Lipinski definition) is 2. The fourth-order valence-electron chi connectivity index (χ4n) is 6.10. The minimum absolute atomic E-state index is 0.0534. The molecule has 0 radical (unpaired) electrons. The highest BCUT2D eigenvalue weighted by molar-refractivity contribution is 6.09. The third kappa shape index (κ3) is 6.56. The molecule has 2 N–H and O–H groups in total. The van der Waals surface area contributed by atoms with Gasteiger partial charge in [0.1, 0.15) is 17.8 Å². The summed E-state index contributed by atoms with van der Waals surface area (Å²) in [5.41, 5.74) is -4.97. The predicted octanol–water partition coefficient (Wildman–Crippen LogP) is 4.87. The Morgan fingerprint density at radius 2 is 1.63 bits per heavy atom. The SMILES string of the molecule is CCCC1=C(N2CCN(C(=O)CN3C(=O)NC(C)(c4ccc(OC(C)C)cc4)C3=O)CC2)C=CC(C(O)(C(F)(F)F)C(F)(F)F)C1. The van der Waals surface area contributed by atoms with Crippen molar-refractivity contribution in [2.45, 2.75) is 76.6 Å². The second-order valence-corrected chi connectivity index (χ2v) is 12.2. The van der Waals surface area contributed by atoms with Crippen LogP contribution in [0.3, 0.4) is 0 Å². The van der Waals surface area contributed by atoms with E-state index in [4.69, 9.17) is 4.74 Å². The molecule has 2 saturated heterocycles. The summed E-state index contributed by atoms with van der Waals surface area (Å²) in [6.45, 7) is 7.25. The number of urea groups is 1. The lowest BCUT2D eigenvalue weighted by molar-refractivity contribution is -0.380. The molecular weight excluding hydrogens is 622 g/mol. The molecule has 9 nitrogen and oxygen atoms in total. The Hall–Kier alpha value is -3.75. The zero-order valence-electron chi connectivity index (χ0n) is 26.0. The third-order valence-electron chi connectivity index (χ3n) is 8.61. The van der Waals surface area contributed by atoms with Crippen LogP contribution in [0.1, 0.15) is 52.5 Å². The van der Waals surface area contributed by atoms with Crippen LogP contribution in [0.5, 0.6) is 5.75 Å². The molecule has 2 fully saturated rings. The highest BCUT2D eigenvalue weighted by atomic mass is 19.4. The van der Waals surface area contributed by atoms with Crippen LogP contribution in [-0.2, 0) is 15.1 Å². The Labute approximate surface area is 262 Å². The second-order valence-electron chi connectivity index (χ2n) is 12.2. The summed E-state index contributed by atoms with van der Waals surface area (Å²) in [5, 5.41) is 12.6. The van der Waals surface area contributed by atoms with Gasteiger partial charge in [-0.1, -0.05) is 31.6 Å². The van der Waals surface area contributed by atoms with Gasteiger partial charge in [-0.05, 0) is 63.0 Å². The molecule has 1 aromatic rings. The lowest BCUT2D eigenvalue weighted by Crippen LogP contribution is -2.61. The van der Waals surface area contributed by atoms with E-state index >= 15 is 0 Å². The van der Waals surface area contributed by atoms with Gasteiger partial charge in [-0.25, -0.2) is 4.79 Å². The maximum atomic E-state index is 13.5. The molecule has 46 heavy (non-hydrogen) atoms. The van der Waals surface area contributed by atoms with Gasteiger partial charge >= 0.3 is 18.4 Å². The number of aliphatic hydroxyl groups is 1. The van der Waals surface area contributed by atoms with Crippen LogP contribution in [0.2, 0.25) is 0 Å². The predicted molar refractivity (Wildman–Crippen MR) is 154 cm³/mol. The number of carbonyl (C=O) groups excluding carboxylic acids is 3. The average Bonchev–Trinajstić information content (AvgIpc) is 3.19. The van der Waals surface area contributed by atoms with Crippen molar-refractivity contribution in [3.8, 4) is 5.75 Å². The van der Waals surface area contributed by atoms with Gasteiger partial charge in [-0.2, -0.15) is 26.3 Å². The van der Waals surface area contributed by atoms with Gasteiger partial charge in [-0.3, -0.25) is 14.5 Å². The van der Waals surface area contributed by atoms with Crippen molar-refractivity contribution in [2.24, 2.45) is 5.92 Å². The van der Waals surface area contributed by atoms with Gasteiger partial charge < -0.3 is 25.0 Å². The van der Waals surface area contributed by atoms with Crippen LogP contribution < -0.4 is 10.1 Å². The summed E-state index contributed by atoms with van der Waals surface area (Å²) in [7, 11) is 0. The van der Waals surface area contributed by atoms with E-state index < -0.39 is 60.2 Å². The number of nitrogens with zero attached hydrogens (tertiary/aromatic N) is 3. The average molecular weight is 661 g/mol. The molecule has 2 atom stereocenters. The molecule has 15 heteroatoms. The fraction of sp³-hybridized carbons (Fsp3) is 0.581. The van der Waals surface area contributed by atoms with Crippen LogP contribution in [-0.4, -0.2) is 94.4 Å². The van der Waals surface area contributed by atoms with Crippen molar-refractivity contribution >= 4 is 17.8 Å². The Morgan fingerprint density at radius 1 is 1.04 bits per heavy atom. The molecule has 2 heterocycles. The zero-order valence-corrected chi connectivity index (χ0v) is 26.0. The molecule has 0 spiro atoms. The molecule has 0 bridgehead atoms. The normalized spacial score (nSPS) is 23.0. The lowest BCUT2D eigenvalue weighted by atomic mass is 9.77. The highest BCUT2D eigenvalue weighted by Gasteiger charge is 2.73. The summed E-state index contributed by atoms with van der Waals surface area (Å²) >= 11 is 0. The van der Waals surface area contributed by atoms with Crippen LogP contribution in [0.4, 0.5) is 31.1 Å². The number of halogens is 6. The molecule has 3 aliphatic rings. The Balaban J connectivity index is 1.41. The van der Waals surface area contributed by atoms with E-state index in [1.165, 1.54) is 11.0 Å². The molecule has 1 aliphatic carbocycles. The number of alkyl halides is 6. The quantitative estimate of drug-likeness (QED) is 0.290. The maximum absolute atomic E-state index is 13.5. The first kappa shape index (κ1) is 35.1. The van der Waals surface area contributed by atoms with Crippen LogP contribution in [0, 0.1) is 5.92 Å². The molecular formula is C31H38F6N4O5. The third-order valence-corrected chi connectivity index (χ3v) is 8.61. The van der Waals surface area contributed by atoms with Gasteiger partial charge in [0.05, 0.1) is 6.10 Å².